The Morgan fingerprint density at radius 3 is 2.22 bits per heavy atom. The van der Waals surface area contributed by atoms with Crippen molar-refractivity contribution in [2.24, 2.45) is 11.3 Å². The van der Waals surface area contributed by atoms with Gasteiger partial charge in [-0.2, -0.15) is 0 Å². The maximum absolute atomic E-state index is 12.9. The molecule has 3 saturated carbocycles. The SMILES string of the molecule is C[C@@]12C[C@@]3(O)O[C@@H](O1)[C@]1(COC(=O)c4ccccc4)[C@H]3C[C@@]12O[C@@H]1O[C@H](CO[C@@H]2O[C@H](CO)[C@@H](O)[C@H](O)[C@H]2O)[C@@H](O)[C@H](O)[C@H]1O. The summed E-state index contributed by atoms with van der Waals surface area (Å²) in [5.74, 6) is -2.73. The van der Waals surface area contributed by atoms with E-state index in [2.05, 4.69) is 0 Å². The van der Waals surface area contributed by atoms with E-state index < -0.39 is 115 Å². The molecule has 1 aromatic carbocycles. The van der Waals surface area contributed by atoms with Crippen LogP contribution in [0, 0.1) is 11.3 Å². The van der Waals surface area contributed by atoms with E-state index >= 15 is 0 Å². The highest BCUT2D eigenvalue weighted by Crippen LogP contribution is 2.81. The molecule has 0 unspecified atom stereocenters. The Hall–Kier alpha value is -1.87. The second-order valence-electron chi connectivity index (χ2n) is 13.0. The molecule has 8 aliphatic rings. The quantitative estimate of drug-likeness (QED) is 0.122. The van der Waals surface area contributed by atoms with Gasteiger partial charge in [0, 0.05) is 12.3 Å². The summed E-state index contributed by atoms with van der Waals surface area (Å²) in [7, 11) is 0. The van der Waals surface area contributed by atoms with Gasteiger partial charge in [0.05, 0.1) is 24.2 Å². The molecule has 3 aliphatic carbocycles. The van der Waals surface area contributed by atoms with Crippen LogP contribution in [0.4, 0.5) is 0 Å². The number of esters is 1. The van der Waals surface area contributed by atoms with Gasteiger partial charge in [-0.15, -0.1) is 0 Å². The Labute approximate surface area is 256 Å². The van der Waals surface area contributed by atoms with E-state index in [9.17, 15) is 45.6 Å². The summed E-state index contributed by atoms with van der Waals surface area (Å²) in [4.78, 5) is 12.9. The Balaban J connectivity index is 1.10. The molecule has 5 saturated heterocycles. The molecule has 16 heteroatoms. The minimum atomic E-state index is -1.78. The van der Waals surface area contributed by atoms with Crippen LogP contribution in [0.3, 0.4) is 0 Å². The second kappa shape index (κ2) is 10.8. The lowest BCUT2D eigenvalue weighted by molar-refractivity contribution is -0.425. The van der Waals surface area contributed by atoms with Crippen molar-refractivity contribution >= 4 is 5.97 Å². The first-order valence-electron chi connectivity index (χ1n) is 14.9. The van der Waals surface area contributed by atoms with Crippen LogP contribution in [-0.4, -0.2) is 151 Å². The van der Waals surface area contributed by atoms with Gasteiger partial charge in [0.2, 0.25) is 0 Å². The second-order valence-corrected chi connectivity index (χ2v) is 13.0. The van der Waals surface area contributed by atoms with Crippen LogP contribution in [0.5, 0.6) is 0 Å². The molecule has 5 aliphatic heterocycles. The van der Waals surface area contributed by atoms with Gasteiger partial charge in [0.25, 0.3) is 0 Å². The number of carbonyl (C=O) groups is 1. The Bertz CT molecular complexity index is 1280. The van der Waals surface area contributed by atoms with E-state index in [1.165, 1.54) is 0 Å². The molecule has 8 N–H and O–H groups in total. The Kier molecular flexibility index (Phi) is 7.63. The van der Waals surface area contributed by atoms with Gasteiger partial charge >= 0.3 is 5.97 Å². The van der Waals surface area contributed by atoms with Crippen LogP contribution in [0.25, 0.3) is 0 Å². The molecule has 0 aromatic heterocycles. The van der Waals surface area contributed by atoms with Crippen molar-refractivity contribution in [3.05, 3.63) is 35.9 Å². The minimum Gasteiger partial charge on any atom is -0.461 e. The van der Waals surface area contributed by atoms with Crippen molar-refractivity contribution in [2.75, 3.05) is 19.8 Å². The minimum absolute atomic E-state index is 0.00713. The van der Waals surface area contributed by atoms with Crippen molar-refractivity contribution in [1.29, 1.82) is 0 Å². The summed E-state index contributed by atoms with van der Waals surface area (Å²) in [6, 6.07) is 8.33. The van der Waals surface area contributed by atoms with Crippen molar-refractivity contribution in [3.8, 4) is 0 Å². The molecule has 0 amide bonds. The van der Waals surface area contributed by atoms with Crippen molar-refractivity contribution in [2.45, 2.75) is 104 Å². The third-order valence-electron chi connectivity index (χ3n) is 10.7. The number of hydrogen-bond acceptors (Lipinski definition) is 16. The monoisotopic (exact) mass is 642 g/mol. The maximum Gasteiger partial charge on any atom is 0.338 e. The normalized spacial score (nSPS) is 52.9. The molecule has 0 radical (unpaired) electrons. The molecule has 45 heavy (non-hydrogen) atoms. The molecule has 16 atom stereocenters. The van der Waals surface area contributed by atoms with Crippen LogP contribution in [-0.2, 0) is 33.2 Å². The van der Waals surface area contributed by atoms with E-state index in [1.807, 2.05) is 0 Å². The van der Waals surface area contributed by atoms with Crippen molar-refractivity contribution in [1.82, 2.24) is 0 Å². The van der Waals surface area contributed by atoms with Gasteiger partial charge in [0.1, 0.15) is 66.6 Å². The molecule has 1 aromatic rings. The maximum atomic E-state index is 12.9. The predicted molar refractivity (Wildman–Crippen MR) is 141 cm³/mol. The first-order valence-corrected chi connectivity index (χ1v) is 14.9. The highest BCUT2D eigenvalue weighted by Gasteiger charge is 2.94. The zero-order valence-corrected chi connectivity index (χ0v) is 24.2. The number of aliphatic hydroxyl groups is 8. The molecule has 9 rings (SSSR count). The first-order chi connectivity index (χ1) is 21.3. The highest BCUT2D eigenvalue weighted by atomic mass is 16.8. The summed E-state index contributed by atoms with van der Waals surface area (Å²) < 4.78 is 41.2. The zero-order chi connectivity index (χ0) is 32.1. The van der Waals surface area contributed by atoms with E-state index in [1.54, 1.807) is 37.3 Å². The van der Waals surface area contributed by atoms with E-state index in [0.717, 1.165) is 0 Å². The fourth-order valence-electron chi connectivity index (χ4n) is 8.26. The molecule has 5 heterocycles. The number of aliphatic hydroxyl groups excluding tert-OH is 7. The fourth-order valence-corrected chi connectivity index (χ4v) is 8.26. The van der Waals surface area contributed by atoms with Crippen LogP contribution >= 0.6 is 0 Å². The molecule has 0 spiro atoms. The zero-order valence-electron chi connectivity index (χ0n) is 24.2. The lowest BCUT2D eigenvalue weighted by Crippen LogP contribution is -2.80. The molecular formula is C29H38O16. The Morgan fingerprint density at radius 2 is 1.53 bits per heavy atom. The number of carbonyl (C=O) groups excluding carboxylic acids is 1. The lowest BCUT2D eigenvalue weighted by atomic mass is 9.41. The van der Waals surface area contributed by atoms with Crippen LogP contribution in [0.15, 0.2) is 30.3 Å². The topological polar surface area (TPSA) is 244 Å². The summed E-state index contributed by atoms with van der Waals surface area (Å²) in [5.41, 5.74) is -3.41. The standard InChI is InChI=1S/C29H38O16/c1-26-10-28(38)15-7-29(26,27(15,25(44-26)45-28)11-40-22(37)12-5-3-2-4-6-12)43-24-21(36)19(34)17(32)14(42-24)9-39-23-20(35)18(33)16(31)13(8-30)41-23/h2-6,13-21,23-25,30-36,38H,7-11H2,1H3/t13-,14-,15-,16-,17-,18+,19+,20-,21-,23-,24+,25-,26+,27+,28-,29+/m1/s1. The lowest BCUT2D eigenvalue weighted by Gasteiger charge is -2.67. The smallest absolute Gasteiger partial charge is 0.338 e. The molecule has 16 nitrogen and oxygen atoms in total. The number of ether oxygens (including phenoxy) is 7. The molecular weight excluding hydrogens is 604 g/mol. The largest absolute Gasteiger partial charge is 0.461 e. The molecule has 8 fully saturated rings. The van der Waals surface area contributed by atoms with Gasteiger partial charge < -0.3 is 74.0 Å². The van der Waals surface area contributed by atoms with Gasteiger partial charge in [-0.25, -0.2) is 4.79 Å². The summed E-state index contributed by atoms with van der Waals surface area (Å²) in [6.45, 7) is 0.234. The van der Waals surface area contributed by atoms with Crippen molar-refractivity contribution in [3.63, 3.8) is 0 Å². The third kappa shape index (κ3) is 4.33. The number of benzene rings is 1. The Morgan fingerprint density at radius 1 is 0.889 bits per heavy atom. The summed E-state index contributed by atoms with van der Waals surface area (Å²) in [6.07, 6.45) is -16.8. The average Bonchev–Trinajstić information content (AvgIpc) is 3.21. The van der Waals surface area contributed by atoms with Crippen LogP contribution < -0.4 is 0 Å². The van der Waals surface area contributed by atoms with Gasteiger partial charge in [-0.3, -0.25) is 0 Å². The van der Waals surface area contributed by atoms with E-state index in [0.29, 0.717) is 5.56 Å². The highest BCUT2D eigenvalue weighted by molar-refractivity contribution is 5.89. The molecule has 6 bridgehead atoms. The van der Waals surface area contributed by atoms with Crippen LogP contribution in [0.1, 0.15) is 30.1 Å². The van der Waals surface area contributed by atoms with Gasteiger partial charge in [-0.05, 0) is 25.5 Å². The van der Waals surface area contributed by atoms with Gasteiger partial charge in [-0.1, -0.05) is 18.2 Å². The molecule has 250 valence electrons. The van der Waals surface area contributed by atoms with E-state index in [-0.39, 0.29) is 19.4 Å². The van der Waals surface area contributed by atoms with Crippen LogP contribution in [0.2, 0.25) is 0 Å². The van der Waals surface area contributed by atoms with E-state index in [4.69, 9.17) is 33.2 Å². The number of rotatable bonds is 9. The predicted octanol–water partition coefficient (Wildman–Crippen LogP) is -3.53. The first kappa shape index (κ1) is 31.7. The number of hydrogen-bond donors (Lipinski definition) is 8. The van der Waals surface area contributed by atoms with Crippen molar-refractivity contribution < 1.29 is 78.8 Å². The van der Waals surface area contributed by atoms with Gasteiger partial charge in [0.15, 0.2) is 24.7 Å². The fraction of sp³-hybridized carbons (Fsp3) is 0.759. The third-order valence-corrected chi connectivity index (χ3v) is 10.7. The summed E-state index contributed by atoms with van der Waals surface area (Å²) >= 11 is 0. The summed E-state index contributed by atoms with van der Waals surface area (Å²) in [5, 5.41) is 83.7. The average molecular weight is 643 g/mol.